The van der Waals surface area contributed by atoms with E-state index < -0.39 is 8.80 Å². The maximum absolute atomic E-state index is 6.62. The molecule has 186 valence electrons. The molecule has 0 saturated carbocycles. The third-order valence-corrected chi connectivity index (χ3v) is 10.4. The molecule has 6 unspecified atom stereocenters. The van der Waals surface area contributed by atoms with Gasteiger partial charge in [0.1, 0.15) is 0 Å². The second-order valence-electron chi connectivity index (χ2n) is 9.72. The van der Waals surface area contributed by atoms with Crippen LogP contribution in [-0.4, -0.2) is 66.8 Å². The lowest BCUT2D eigenvalue weighted by Gasteiger charge is -2.42. The molecule has 33 heavy (non-hydrogen) atoms. The Labute approximate surface area is 200 Å². The molecule has 3 saturated heterocycles. The van der Waals surface area contributed by atoms with E-state index in [1.54, 1.807) is 0 Å². The van der Waals surface area contributed by atoms with Crippen molar-refractivity contribution in [2.24, 2.45) is 17.8 Å². The average Bonchev–Trinajstić information content (AvgIpc) is 2.77. The van der Waals surface area contributed by atoms with Gasteiger partial charge in [0.25, 0.3) is 0 Å². The highest BCUT2D eigenvalue weighted by molar-refractivity contribution is 6.60. The van der Waals surface area contributed by atoms with E-state index in [2.05, 4.69) is 45.0 Å². The number of aryl methyl sites for hydroxylation is 1. The molecule has 0 aromatic heterocycles. The fourth-order valence-electron chi connectivity index (χ4n) is 4.71. The summed E-state index contributed by atoms with van der Waals surface area (Å²) in [6.07, 6.45) is 4.59. The molecule has 0 aliphatic carbocycles. The minimum atomic E-state index is -2.98. The summed E-state index contributed by atoms with van der Waals surface area (Å²) in [5, 5.41) is 0. The Bertz CT molecular complexity index is 637. The summed E-state index contributed by atoms with van der Waals surface area (Å²) < 4.78 is 37.3. The number of benzene rings is 1. The third-order valence-electron chi connectivity index (χ3n) is 7.69. The van der Waals surface area contributed by atoms with Gasteiger partial charge < -0.3 is 27.5 Å². The van der Waals surface area contributed by atoms with Gasteiger partial charge in [-0.2, -0.15) is 0 Å². The first-order valence-electron chi connectivity index (χ1n) is 13.0. The Kier molecular flexibility index (Phi) is 9.39. The normalized spacial score (nSPS) is 32.9. The van der Waals surface area contributed by atoms with E-state index in [1.165, 1.54) is 5.56 Å². The van der Waals surface area contributed by atoms with Crippen molar-refractivity contribution in [2.45, 2.75) is 70.8 Å². The highest BCUT2D eigenvalue weighted by Gasteiger charge is 2.47. The van der Waals surface area contributed by atoms with E-state index >= 15 is 0 Å². The molecule has 6 nitrogen and oxygen atoms in total. The quantitative estimate of drug-likeness (QED) is 0.346. The summed E-state index contributed by atoms with van der Waals surface area (Å²) in [7, 11) is -2.98. The first-order valence-corrected chi connectivity index (χ1v) is 14.9. The maximum Gasteiger partial charge on any atom is 0.501 e. The van der Waals surface area contributed by atoms with E-state index in [1.807, 2.05) is 6.07 Å². The highest BCUT2D eigenvalue weighted by atomic mass is 28.4. The number of ether oxygens (including phenoxy) is 3. The van der Waals surface area contributed by atoms with Gasteiger partial charge in [0.15, 0.2) is 0 Å². The predicted octanol–water partition coefficient (Wildman–Crippen LogP) is 4.49. The van der Waals surface area contributed by atoms with Crippen molar-refractivity contribution < 1.29 is 27.5 Å². The molecule has 7 heteroatoms. The molecule has 3 heterocycles. The van der Waals surface area contributed by atoms with Gasteiger partial charge in [-0.1, -0.05) is 51.1 Å². The Morgan fingerprint density at radius 1 is 0.697 bits per heavy atom. The fraction of sp³-hybridized carbons (Fsp3) is 0.769. The van der Waals surface area contributed by atoms with E-state index in [-0.39, 0.29) is 18.3 Å². The van der Waals surface area contributed by atoms with Crippen molar-refractivity contribution in [3.05, 3.63) is 35.9 Å². The van der Waals surface area contributed by atoms with Crippen LogP contribution in [0.15, 0.2) is 30.3 Å². The molecule has 0 amide bonds. The van der Waals surface area contributed by atoms with Crippen LogP contribution in [0.4, 0.5) is 0 Å². The van der Waals surface area contributed by atoms with Gasteiger partial charge >= 0.3 is 8.80 Å². The summed E-state index contributed by atoms with van der Waals surface area (Å²) in [5.74, 6) is 1.68. The lowest BCUT2D eigenvalue weighted by molar-refractivity contribution is -0.163. The summed E-state index contributed by atoms with van der Waals surface area (Å²) in [5.41, 5.74) is 1.27. The highest BCUT2D eigenvalue weighted by Crippen LogP contribution is 2.31. The molecular weight excluding hydrogens is 436 g/mol. The smallest absolute Gasteiger partial charge is 0.375 e. The van der Waals surface area contributed by atoms with Crippen molar-refractivity contribution in [1.29, 1.82) is 0 Å². The number of hydrogen-bond donors (Lipinski definition) is 0. The Morgan fingerprint density at radius 3 is 1.45 bits per heavy atom. The molecular formula is C26H42O6Si. The zero-order chi connectivity index (χ0) is 23.1. The molecule has 0 spiro atoms. The van der Waals surface area contributed by atoms with Gasteiger partial charge in [-0.3, -0.25) is 0 Å². The van der Waals surface area contributed by atoms with Crippen LogP contribution in [0.3, 0.4) is 0 Å². The van der Waals surface area contributed by atoms with Gasteiger partial charge in [0.05, 0.1) is 58.0 Å². The van der Waals surface area contributed by atoms with Gasteiger partial charge in [-0.15, -0.1) is 0 Å². The zero-order valence-electron chi connectivity index (χ0n) is 20.6. The first kappa shape index (κ1) is 25.3. The van der Waals surface area contributed by atoms with Crippen molar-refractivity contribution in [3.8, 4) is 0 Å². The lowest BCUT2D eigenvalue weighted by atomic mass is 9.96. The summed E-state index contributed by atoms with van der Waals surface area (Å²) in [4.78, 5) is 0. The van der Waals surface area contributed by atoms with E-state index in [0.717, 1.165) is 51.5 Å². The van der Waals surface area contributed by atoms with Crippen LogP contribution in [0.1, 0.15) is 45.6 Å². The minimum Gasteiger partial charge on any atom is -0.375 e. The van der Waals surface area contributed by atoms with Crippen LogP contribution < -0.4 is 0 Å². The standard InChI is InChI=1S/C26H42O6Si/c1-4-21-14-27-24(21)17-30-33(13-12-20-10-8-7-9-11-20,31-18-25-22(5-2)15-28-25)32-19-26-23(6-3)16-29-26/h7-11,21-26H,4-6,12-19H2,1-3H3. The molecule has 1 aromatic rings. The molecule has 1 aromatic carbocycles. The van der Waals surface area contributed by atoms with Crippen LogP contribution in [0, 0.1) is 17.8 Å². The molecule has 0 radical (unpaired) electrons. The van der Waals surface area contributed by atoms with Crippen molar-refractivity contribution in [2.75, 3.05) is 39.6 Å². The van der Waals surface area contributed by atoms with E-state index in [4.69, 9.17) is 27.5 Å². The topological polar surface area (TPSA) is 55.4 Å². The fourth-order valence-corrected chi connectivity index (χ4v) is 7.24. The summed E-state index contributed by atoms with van der Waals surface area (Å²) in [6.45, 7) is 10.7. The van der Waals surface area contributed by atoms with Crippen LogP contribution in [0.5, 0.6) is 0 Å². The minimum absolute atomic E-state index is 0.137. The zero-order valence-corrected chi connectivity index (χ0v) is 21.6. The monoisotopic (exact) mass is 478 g/mol. The molecule has 3 aliphatic heterocycles. The number of hydrogen-bond acceptors (Lipinski definition) is 6. The van der Waals surface area contributed by atoms with Crippen LogP contribution >= 0.6 is 0 Å². The largest absolute Gasteiger partial charge is 0.501 e. The van der Waals surface area contributed by atoms with Gasteiger partial charge in [0.2, 0.25) is 0 Å². The SMILES string of the molecule is CCC1COC1CO[Si](CCc1ccccc1)(OCC1OCC1CC)OCC1OCC1CC. The van der Waals surface area contributed by atoms with Gasteiger partial charge in [-0.05, 0) is 31.2 Å². The molecule has 3 fully saturated rings. The average molecular weight is 479 g/mol. The number of rotatable bonds is 15. The van der Waals surface area contributed by atoms with E-state index in [9.17, 15) is 0 Å². The molecule has 0 N–H and O–H groups in total. The first-order chi connectivity index (χ1) is 16.2. The molecule has 0 bridgehead atoms. The van der Waals surface area contributed by atoms with Crippen molar-refractivity contribution >= 4 is 8.80 Å². The van der Waals surface area contributed by atoms with Crippen LogP contribution in [0.25, 0.3) is 0 Å². The second-order valence-corrected chi connectivity index (χ2v) is 12.5. The predicted molar refractivity (Wildman–Crippen MR) is 129 cm³/mol. The summed E-state index contributed by atoms with van der Waals surface area (Å²) in [6, 6.07) is 11.3. The molecule has 3 aliphatic rings. The van der Waals surface area contributed by atoms with Crippen LogP contribution in [-0.2, 0) is 33.9 Å². The molecule has 6 atom stereocenters. The van der Waals surface area contributed by atoms with Crippen LogP contribution in [0.2, 0.25) is 6.04 Å². The van der Waals surface area contributed by atoms with Crippen molar-refractivity contribution in [1.82, 2.24) is 0 Å². The van der Waals surface area contributed by atoms with E-state index in [0.29, 0.717) is 37.6 Å². The molecule has 4 rings (SSSR count). The maximum atomic E-state index is 6.62. The second kappa shape index (κ2) is 12.2. The van der Waals surface area contributed by atoms with Gasteiger partial charge in [-0.25, -0.2) is 0 Å². The Balaban J connectivity index is 1.45. The Hall–Kier alpha value is -0.803. The Morgan fingerprint density at radius 2 is 1.12 bits per heavy atom. The summed E-state index contributed by atoms with van der Waals surface area (Å²) >= 11 is 0. The van der Waals surface area contributed by atoms with Gasteiger partial charge in [0, 0.05) is 23.8 Å². The lowest BCUT2D eigenvalue weighted by Crippen LogP contribution is -2.55. The third kappa shape index (κ3) is 6.45. The van der Waals surface area contributed by atoms with Crippen molar-refractivity contribution in [3.63, 3.8) is 0 Å².